The van der Waals surface area contributed by atoms with Crippen molar-refractivity contribution in [2.75, 3.05) is 0 Å². The highest BCUT2D eigenvalue weighted by Gasteiger charge is 2.38. The lowest BCUT2D eigenvalue weighted by atomic mass is 9.95. The van der Waals surface area contributed by atoms with Gasteiger partial charge in [-0.25, -0.2) is 0 Å². The Hall–Kier alpha value is 0.190. The highest BCUT2D eigenvalue weighted by Crippen LogP contribution is 2.43. The van der Waals surface area contributed by atoms with Gasteiger partial charge in [-0.05, 0) is 25.0 Å². The molecule has 1 nitrogen and oxygen atoms in total. The topological polar surface area (TPSA) is 17.1 Å². The summed E-state index contributed by atoms with van der Waals surface area (Å²) in [6.45, 7) is 0. The fourth-order valence-electron chi connectivity index (χ4n) is 2.24. The molecule has 1 aromatic carbocycles. The Morgan fingerprint density at radius 3 is 2.06 bits per heavy atom. The minimum absolute atomic E-state index is 0.00617. The molecule has 1 aromatic rings. The standard InChI is InChI=1S/C12H12Cl3OP/c13-7-5-8(14)10(9(15)6-7)11(16)12(17)3-1-2-4-12/h5-6H,1-4,17H2. The number of hydrogen-bond acceptors (Lipinski definition) is 1. The largest absolute Gasteiger partial charge is 0.293 e. The van der Waals surface area contributed by atoms with Crippen LogP contribution in [0, 0.1) is 0 Å². The minimum atomic E-state index is -0.402. The Bertz CT molecular complexity index is 444. The lowest BCUT2D eigenvalue weighted by molar-refractivity contribution is 0.0944. The van der Waals surface area contributed by atoms with Gasteiger partial charge in [-0.15, -0.1) is 9.24 Å². The average Bonchev–Trinajstić information content (AvgIpc) is 2.64. The molecule has 1 unspecified atom stereocenters. The number of Topliss-reactive ketones (excluding diaryl/α,β-unsaturated/α-hetero) is 1. The lowest BCUT2D eigenvalue weighted by Crippen LogP contribution is -2.28. The van der Waals surface area contributed by atoms with Gasteiger partial charge in [0.1, 0.15) is 0 Å². The first-order valence-electron chi connectivity index (χ1n) is 5.42. The van der Waals surface area contributed by atoms with Gasteiger partial charge in [-0.1, -0.05) is 47.6 Å². The van der Waals surface area contributed by atoms with Crippen LogP contribution in [0.3, 0.4) is 0 Å². The first-order chi connectivity index (χ1) is 7.94. The molecule has 0 amide bonds. The summed E-state index contributed by atoms with van der Waals surface area (Å²) >= 11 is 18.0. The van der Waals surface area contributed by atoms with Crippen molar-refractivity contribution in [2.24, 2.45) is 0 Å². The molecule has 0 aromatic heterocycles. The molecule has 1 aliphatic rings. The maximum absolute atomic E-state index is 12.5. The van der Waals surface area contributed by atoms with Crippen LogP contribution in [-0.4, -0.2) is 10.9 Å². The van der Waals surface area contributed by atoms with Gasteiger partial charge in [0.25, 0.3) is 0 Å². The number of benzene rings is 1. The number of ketones is 1. The zero-order valence-corrected chi connectivity index (χ0v) is 12.5. The van der Waals surface area contributed by atoms with Crippen LogP contribution in [0.15, 0.2) is 12.1 Å². The fourth-order valence-corrected chi connectivity index (χ4v) is 3.78. The summed E-state index contributed by atoms with van der Waals surface area (Å²) in [5.41, 5.74) is 0.398. The highest BCUT2D eigenvalue weighted by atomic mass is 35.5. The van der Waals surface area contributed by atoms with Crippen molar-refractivity contribution in [3.05, 3.63) is 32.8 Å². The predicted octanol–water partition coefficient (Wildman–Crippen LogP) is 5.02. The Morgan fingerprint density at radius 2 is 1.59 bits per heavy atom. The highest BCUT2D eigenvalue weighted by molar-refractivity contribution is 7.21. The molecule has 1 fully saturated rings. The van der Waals surface area contributed by atoms with Gasteiger partial charge >= 0.3 is 0 Å². The van der Waals surface area contributed by atoms with Crippen molar-refractivity contribution in [1.82, 2.24) is 0 Å². The molecular weight excluding hydrogens is 297 g/mol. The number of halogens is 3. The normalized spacial score (nSPS) is 18.4. The van der Waals surface area contributed by atoms with E-state index in [-0.39, 0.29) is 5.78 Å². The van der Waals surface area contributed by atoms with E-state index in [1.807, 2.05) is 0 Å². The van der Waals surface area contributed by atoms with Crippen LogP contribution in [0.5, 0.6) is 0 Å². The third-order valence-electron chi connectivity index (χ3n) is 3.18. The molecule has 0 bridgehead atoms. The summed E-state index contributed by atoms with van der Waals surface area (Å²) in [5.74, 6) is 0.00617. The van der Waals surface area contributed by atoms with E-state index in [1.54, 1.807) is 12.1 Å². The molecule has 5 heteroatoms. The molecule has 0 radical (unpaired) electrons. The second-order valence-corrected chi connectivity index (χ2v) is 6.79. The molecule has 1 saturated carbocycles. The van der Waals surface area contributed by atoms with E-state index in [2.05, 4.69) is 9.24 Å². The maximum atomic E-state index is 12.5. The molecule has 92 valence electrons. The van der Waals surface area contributed by atoms with E-state index in [0.717, 1.165) is 25.7 Å². The smallest absolute Gasteiger partial charge is 0.175 e. The van der Waals surface area contributed by atoms with Crippen molar-refractivity contribution < 1.29 is 4.79 Å². The van der Waals surface area contributed by atoms with Crippen LogP contribution in [0.4, 0.5) is 0 Å². The van der Waals surface area contributed by atoms with Gasteiger partial charge < -0.3 is 0 Å². The predicted molar refractivity (Wildman–Crippen MR) is 76.7 cm³/mol. The molecule has 0 spiro atoms. The van der Waals surface area contributed by atoms with Crippen LogP contribution in [0.25, 0.3) is 0 Å². The van der Waals surface area contributed by atoms with Crippen LogP contribution >= 0.6 is 44.0 Å². The van der Waals surface area contributed by atoms with E-state index in [4.69, 9.17) is 34.8 Å². The molecule has 0 heterocycles. The van der Waals surface area contributed by atoms with Gasteiger partial charge in [-0.3, -0.25) is 4.79 Å². The summed E-state index contributed by atoms with van der Waals surface area (Å²) in [5, 5.41) is 0.712. The molecule has 1 aliphatic carbocycles. The van der Waals surface area contributed by atoms with Crippen LogP contribution < -0.4 is 0 Å². The van der Waals surface area contributed by atoms with Crippen molar-refractivity contribution in [3.63, 3.8) is 0 Å². The van der Waals surface area contributed by atoms with Crippen molar-refractivity contribution >= 4 is 49.8 Å². The van der Waals surface area contributed by atoms with E-state index in [0.29, 0.717) is 20.6 Å². The van der Waals surface area contributed by atoms with Crippen LogP contribution in [-0.2, 0) is 0 Å². The summed E-state index contributed by atoms with van der Waals surface area (Å²) in [6, 6.07) is 3.12. The van der Waals surface area contributed by atoms with Gasteiger partial charge in [0.15, 0.2) is 5.78 Å². The molecule has 0 saturated heterocycles. The number of carbonyl (C=O) groups excluding carboxylic acids is 1. The Kier molecular flexibility index (Phi) is 4.05. The zero-order valence-electron chi connectivity index (χ0n) is 9.10. The average molecular weight is 310 g/mol. The SMILES string of the molecule is O=C(c1c(Cl)cc(Cl)cc1Cl)C1(P)CCCC1. The fraction of sp³-hybridized carbons (Fsp3) is 0.417. The summed E-state index contributed by atoms with van der Waals surface area (Å²) in [4.78, 5) is 12.5. The van der Waals surface area contributed by atoms with Crippen molar-refractivity contribution in [3.8, 4) is 0 Å². The Labute approximate surface area is 118 Å². The molecule has 17 heavy (non-hydrogen) atoms. The summed E-state index contributed by atoms with van der Waals surface area (Å²) < 4.78 is 0. The van der Waals surface area contributed by atoms with Gasteiger partial charge in [-0.2, -0.15) is 0 Å². The number of rotatable bonds is 2. The van der Waals surface area contributed by atoms with E-state index >= 15 is 0 Å². The first-order valence-corrected chi connectivity index (χ1v) is 7.13. The van der Waals surface area contributed by atoms with Gasteiger partial charge in [0, 0.05) is 10.2 Å². The maximum Gasteiger partial charge on any atom is 0.175 e. The van der Waals surface area contributed by atoms with Gasteiger partial charge in [0.2, 0.25) is 0 Å². The van der Waals surface area contributed by atoms with E-state index in [9.17, 15) is 4.79 Å². The van der Waals surface area contributed by atoms with Crippen molar-refractivity contribution in [2.45, 2.75) is 30.8 Å². The van der Waals surface area contributed by atoms with Gasteiger partial charge in [0.05, 0.1) is 15.6 Å². The minimum Gasteiger partial charge on any atom is -0.293 e. The second kappa shape index (κ2) is 5.05. The molecule has 2 rings (SSSR count). The van der Waals surface area contributed by atoms with Crippen LogP contribution in [0.1, 0.15) is 36.0 Å². The molecular formula is C12H12Cl3OP. The Balaban J connectivity index is 2.44. The first kappa shape index (κ1) is 13.6. The monoisotopic (exact) mass is 308 g/mol. The van der Waals surface area contributed by atoms with E-state index < -0.39 is 5.16 Å². The van der Waals surface area contributed by atoms with Crippen LogP contribution in [0.2, 0.25) is 15.1 Å². The lowest BCUT2D eigenvalue weighted by Gasteiger charge is -2.22. The molecule has 0 N–H and O–H groups in total. The third kappa shape index (κ3) is 2.63. The second-order valence-electron chi connectivity index (χ2n) is 4.44. The quantitative estimate of drug-likeness (QED) is 0.554. The van der Waals surface area contributed by atoms with E-state index in [1.165, 1.54) is 0 Å². The number of hydrogen-bond donors (Lipinski definition) is 0. The molecule has 0 aliphatic heterocycles. The summed E-state index contributed by atoms with van der Waals surface area (Å²) in [6.07, 6.45) is 3.87. The zero-order chi connectivity index (χ0) is 12.6. The third-order valence-corrected chi connectivity index (χ3v) is 4.84. The molecule has 1 atom stereocenters. The Morgan fingerprint density at radius 1 is 1.12 bits per heavy atom. The number of carbonyl (C=O) groups is 1. The van der Waals surface area contributed by atoms with Crippen molar-refractivity contribution in [1.29, 1.82) is 0 Å². The summed E-state index contributed by atoms with van der Waals surface area (Å²) in [7, 11) is 2.68.